The average molecular weight is 298 g/mol. The molecule has 0 aliphatic heterocycles. The summed E-state index contributed by atoms with van der Waals surface area (Å²) in [5.74, 6) is -1.73. The van der Waals surface area contributed by atoms with Gasteiger partial charge in [-0.2, -0.15) is 0 Å². The van der Waals surface area contributed by atoms with Crippen molar-refractivity contribution in [1.82, 2.24) is 4.90 Å². The van der Waals surface area contributed by atoms with Gasteiger partial charge in [0, 0.05) is 31.7 Å². The van der Waals surface area contributed by atoms with E-state index in [9.17, 15) is 13.6 Å². The van der Waals surface area contributed by atoms with Crippen LogP contribution in [0.5, 0.6) is 0 Å². The largest absolute Gasteiger partial charge is 0.383 e. The molecule has 1 aromatic carbocycles. The molecule has 1 aliphatic rings. The SMILES string of the molecule is COCC1(N(C)CCC(=O)Nc2ccc(F)cc2F)CC1. The fourth-order valence-electron chi connectivity index (χ4n) is 2.36. The van der Waals surface area contributed by atoms with Crippen molar-refractivity contribution in [2.45, 2.75) is 24.8 Å². The number of methoxy groups -OCH3 is 1. The number of ether oxygens (including phenoxy) is 1. The quantitative estimate of drug-likeness (QED) is 0.840. The highest BCUT2D eigenvalue weighted by Crippen LogP contribution is 2.40. The first-order valence-electron chi connectivity index (χ1n) is 6.92. The summed E-state index contributed by atoms with van der Waals surface area (Å²) in [5.41, 5.74) is 0.0537. The van der Waals surface area contributed by atoms with Crippen LogP contribution in [0.25, 0.3) is 0 Å². The second-order valence-corrected chi connectivity index (χ2v) is 5.50. The van der Waals surface area contributed by atoms with Crippen LogP contribution in [0.2, 0.25) is 0 Å². The van der Waals surface area contributed by atoms with Crippen LogP contribution in [-0.2, 0) is 9.53 Å². The molecule has 1 amide bonds. The number of rotatable bonds is 7. The van der Waals surface area contributed by atoms with Crippen LogP contribution in [0, 0.1) is 11.6 Å². The summed E-state index contributed by atoms with van der Waals surface area (Å²) < 4.78 is 31.4. The van der Waals surface area contributed by atoms with Gasteiger partial charge in [-0.1, -0.05) is 0 Å². The topological polar surface area (TPSA) is 41.6 Å². The fourth-order valence-corrected chi connectivity index (χ4v) is 2.36. The second kappa shape index (κ2) is 6.49. The number of amides is 1. The molecule has 0 saturated heterocycles. The molecule has 1 aliphatic carbocycles. The Bertz CT molecular complexity index is 518. The van der Waals surface area contributed by atoms with Crippen LogP contribution in [0.15, 0.2) is 18.2 Å². The smallest absolute Gasteiger partial charge is 0.225 e. The summed E-state index contributed by atoms with van der Waals surface area (Å²) in [6.07, 6.45) is 2.37. The third-order valence-electron chi connectivity index (χ3n) is 3.93. The molecule has 0 aromatic heterocycles. The van der Waals surface area contributed by atoms with Crippen LogP contribution in [-0.4, -0.2) is 43.7 Å². The first-order valence-corrected chi connectivity index (χ1v) is 6.92. The Morgan fingerprint density at radius 3 is 2.71 bits per heavy atom. The molecule has 21 heavy (non-hydrogen) atoms. The average Bonchev–Trinajstić information content (AvgIpc) is 3.21. The van der Waals surface area contributed by atoms with Gasteiger partial charge in [0.2, 0.25) is 5.91 Å². The van der Waals surface area contributed by atoms with Crippen molar-refractivity contribution in [3.8, 4) is 0 Å². The maximum absolute atomic E-state index is 13.4. The minimum atomic E-state index is -0.769. The van der Waals surface area contributed by atoms with E-state index in [-0.39, 0.29) is 23.6 Å². The van der Waals surface area contributed by atoms with Crippen LogP contribution in [0.3, 0.4) is 0 Å². The van der Waals surface area contributed by atoms with Crippen molar-refractivity contribution in [3.63, 3.8) is 0 Å². The number of nitrogens with one attached hydrogen (secondary N) is 1. The van der Waals surface area contributed by atoms with Gasteiger partial charge < -0.3 is 10.1 Å². The third kappa shape index (κ3) is 3.98. The van der Waals surface area contributed by atoms with E-state index in [0.29, 0.717) is 13.2 Å². The van der Waals surface area contributed by atoms with Crippen molar-refractivity contribution in [1.29, 1.82) is 0 Å². The number of halogens is 2. The monoisotopic (exact) mass is 298 g/mol. The van der Waals surface area contributed by atoms with Gasteiger partial charge in [0.05, 0.1) is 12.3 Å². The molecule has 1 N–H and O–H groups in total. The van der Waals surface area contributed by atoms with Gasteiger partial charge in [-0.25, -0.2) is 8.78 Å². The first kappa shape index (κ1) is 15.9. The maximum atomic E-state index is 13.4. The standard InChI is InChI=1S/C15H20F2N2O2/c1-19(15(6-7-15)10-21-2)8-5-14(20)18-13-4-3-11(16)9-12(13)17/h3-4,9H,5-8,10H2,1-2H3,(H,18,20). The highest BCUT2D eigenvalue weighted by Gasteiger charge is 2.46. The zero-order valence-corrected chi connectivity index (χ0v) is 12.3. The van der Waals surface area contributed by atoms with E-state index in [1.54, 1.807) is 7.11 Å². The van der Waals surface area contributed by atoms with Gasteiger partial charge in [0.15, 0.2) is 0 Å². The lowest BCUT2D eigenvalue weighted by Gasteiger charge is -2.27. The molecular formula is C15H20F2N2O2. The number of nitrogens with zero attached hydrogens (tertiary/aromatic N) is 1. The predicted molar refractivity (Wildman–Crippen MR) is 76.1 cm³/mol. The molecular weight excluding hydrogens is 278 g/mol. The van der Waals surface area contributed by atoms with Gasteiger partial charge >= 0.3 is 0 Å². The fraction of sp³-hybridized carbons (Fsp3) is 0.533. The summed E-state index contributed by atoms with van der Waals surface area (Å²) in [5, 5.41) is 2.46. The Balaban J connectivity index is 1.82. The van der Waals surface area contributed by atoms with E-state index in [0.717, 1.165) is 25.0 Å². The van der Waals surface area contributed by atoms with Crippen LogP contribution in [0.1, 0.15) is 19.3 Å². The normalized spacial score (nSPS) is 16.0. The highest BCUT2D eigenvalue weighted by atomic mass is 19.1. The van der Waals surface area contributed by atoms with Crippen LogP contribution in [0.4, 0.5) is 14.5 Å². The van der Waals surface area contributed by atoms with Crippen LogP contribution < -0.4 is 5.32 Å². The van der Waals surface area contributed by atoms with E-state index in [1.807, 2.05) is 7.05 Å². The zero-order chi connectivity index (χ0) is 15.5. The van der Waals surface area contributed by atoms with E-state index >= 15 is 0 Å². The van der Waals surface area contributed by atoms with E-state index in [1.165, 1.54) is 6.07 Å². The molecule has 0 heterocycles. The molecule has 0 spiro atoms. The van der Waals surface area contributed by atoms with Crippen LogP contribution >= 0.6 is 0 Å². The number of hydrogen-bond acceptors (Lipinski definition) is 3. The van der Waals surface area contributed by atoms with Crippen molar-refractivity contribution in [2.75, 3.05) is 32.6 Å². The van der Waals surface area contributed by atoms with Gasteiger partial charge in [0.1, 0.15) is 11.6 Å². The van der Waals surface area contributed by atoms with Gasteiger partial charge in [-0.05, 0) is 32.0 Å². The molecule has 2 rings (SSSR count). The third-order valence-corrected chi connectivity index (χ3v) is 3.93. The first-order chi connectivity index (χ1) is 9.97. The van der Waals surface area contributed by atoms with E-state index in [4.69, 9.17) is 4.74 Å². The summed E-state index contributed by atoms with van der Waals surface area (Å²) in [6, 6.07) is 3.09. The van der Waals surface area contributed by atoms with E-state index in [2.05, 4.69) is 10.2 Å². The lowest BCUT2D eigenvalue weighted by atomic mass is 10.2. The second-order valence-electron chi connectivity index (χ2n) is 5.50. The molecule has 0 unspecified atom stereocenters. The molecule has 116 valence electrons. The molecule has 4 nitrogen and oxygen atoms in total. The molecule has 6 heteroatoms. The van der Waals surface area contributed by atoms with E-state index < -0.39 is 11.6 Å². The minimum absolute atomic E-state index is 0.00193. The Kier molecular flexibility index (Phi) is 4.90. The number of carbonyl (C=O) groups excluding carboxylic acids is 1. The zero-order valence-electron chi connectivity index (χ0n) is 12.3. The van der Waals surface area contributed by atoms with Gasteiger partial charge in [-0.15, -0.1) is 0 Å². The molecule has 0 bridgehead atoms. The number of anilines is 1. The Labute approximate surface area is 123 Å². The van der Waals surface area contributed by atoms with Gasteiger partial charge in [0.25, 0.3) is 0 Å². The molecule has 1 fully saturated rings. The lowest BCUT2D eigenvalue weighted by molar-refractivity contribution is -0.116. The summed E-state index contributed by atoms with van der Waals surface area (Å²) in [7, 11) is 3.62. The Morgan fingerprint density at radius 1 is 1.43 bits per heavy atom. The summed E-state index contributed by atoms with van der Waals surface area (Å²) in [4.78, 5) is 13.9. The molecule has 1 saturated carbocycles. The number of hydrogen-bond donors (Lipinski definition) is 1. The lowest BCUT2D eigenvalue weighted by Crippen LogP contribution is -2.39. The number of carbonyl (C=O) groups is 1. The molecule has 0 atom stereocenters. The highest BCUT2D eigenvalue weighted by molar-refractivity contribution is 5.90. The molecule has 0 radical (unpaired) electrons. The number of likely N-dealkylation sites (N-methyl/N-ethyl adjacent to an activating group) is 1. The summed E-state index contributed by atoms with van der Waals surface area (Å²) in [6.45, 7) is 1.22. The summed E-state index contributed by atoms with van der Waals surface area (Å²) >= 11 is 0. The maximum Gasteiger partial charge on any atom is 0.225 e. The Hall–Kier alpha value is -1.53. The number of benzene rings is 1. The Morgan fingerprint density at radius 2 is 2.14 bits per heavy atom. The minimum Gasteiger partial charge on any atom is -0.383 e. The predicted octanol–water partition coefficient (Wildman–Crippen LogP) is 2.40. The molecule has 1 aromatic rings. The van der Waals surface area contributed by atoms with Crippen molar-refractivity contribution >= 4 is 11.6 Å². The van der Waals surface area contributed by atoms with Crippen molar-refractivity contribution in [2.24, 2.45) is 0 Å². The van der Waals surface area contributed by atoms with Crippen molar-refractivity contribution < 1.29 is 18.3 Å². The van der Waals surface area contributed by atoms with Gasteiger partial charge in [-0.3, -0.25) is 9.69 Å². The van der Waals surface area contributed by atoms with Crippen molar-refractivity contribution in [3.05, 3.63) is 29.8 Å².